The van der Waals surface area contributed by atoms with Gasteiger partial charge in [0.05, 0.1) is 5.56 Å². The average Bonchev–Trinajstić information content (AvgIpc) is 3.45. The minimum atomic E-state index is -0.967. The maximum absolute atomic E-state index is 12.3. The molecule has 0 aromatic heterocycles. The SMILES string of the molecule is O=C(O)c1ccc(CNC(=O)N2CCCN(C(=O)C3CC3)CC2)cc1. The van der Waals surface area contributed by atoms with Gasteiger partial charge in [-0.2, -0.15) is 0 Å². The summed E-state index contributed by atoms with van der Waals surface area (Å²) in [4.78, 5) is 38.9. The molecule has 2 N–H and O–H groups in total. The molecule has 1 saturated heterocycles. The molecule has 0 unspecified atom stereocenters. The van der Waals surface area contributed by atoms with Crippen molar-refractivity contribution in [1.82, 2.24) is 15.1 Å². The fourth-order valence-electron chi connectivity index (χ4n) is 2.98. The van der Waals surface area contributed by atoms with Crippen molar-refractivity contribution in [3.05, 3.63) is 35.4 Å². The minimum Gasteiger partial charge on any atom is -0.478 e. The summed E-state index contributed by atoms with van der Waals surface area (Å²) in [5.41, 5.74) is 1.07. The highest BCUT2D eigenvalue weighted by atomic mass is 16.4. The van der Waals surface area contributed by atoms with Crippen LogP contribution in [0.5, 0.6) is 0 Å². The number of hydrogen-bond acceptors (Lipinski definition) is 3. The Hall–Kier alpha value is -2.57. The van der Waals surface area contributed by atoms with Crippen molar-refractivity contribution in [1.29, 1.82) is 0 Å². The van der Waals surface area contributed by atoms with Crippen LogP contribution in [0.15, 0.2) is 24.3 Å². The zero-order valence-corrected chi connectivity index (χ0v) is 14.1. The number of hydrogen-bond donors (Lipinski definition) is 2. The van der Waals surface area contributed by atoms with E-state index in [1.165, 1.54) is 12.1 Å². The van der Waals surface area contributed by atoms with Crippen LogP contribution in [0.1, 0.15) is 35.2 Å². The molecule has 134 valence electrons. The van der Waals surface area contributed by atoms with Gasteiger partial charge in [-0.05, 0) is 37.0 Å². The third-order valence-corrected chi connectivity index (χ3v) is 4.67. The van der Waals surface area contributed by atoms with Gasteiger partial charge < -0.3 is 20.2 Å². The fraction of sp³-hybridized carbons (Fsp3) is 0.500. The first-order valence-corrected chi connectivity index (χ1v) is 8.68. The molecule has 1 heterocycles. The number of urea groups is 1. The minimum absolute atomic E-state index is 0.150. The standard InChI is InChI=1S/C18H23N3O4/c22-16(14-6-7-14)20-8-1-9-21(11-10-20)18(25)19-12-13-2-4-15(5-3-13)17(23)24/h2-5,14H,1,6-12H2,(H,19,25)(H,23,24). The van der Waals surface area contributed by atoms with E-state index in [2.05, 4.69) is 5.32 Å². The maximum Gasteiger partial charge on any atom is 0.335 e. The first-order valence-electron chi connectivity index (χ1n) is 8.68. The van der Waals surface area contributed by atoms with Crippen molar-refractivity contribution >= 4 is 17.9 Å². The van der Waals surface area contributed by atoms with E-state index in [-0.39, 0.29) is 23.4 Å². The number of carboxylic acids is 1. The monoisotopic (exact) mass is 345 g/mol. The van der Waals surface area contributed by atoms with E-state index in [0.717, 1.165) is 31.4 Å². The number of benzene rings is 1. The van der Waals surface area contributed by atoms with Gasteiger partial charge in [0.25, 0.3) is 0 Å². The molecular formula is C18H23N3O4. The topological polar surface area (TPSA) is 89.9 Å². The molecule has 0 radical (unpaired) electrons. The average molecular weight is 345 g/mol. The summed E-state index contributed by atoms with van der Waals surface area (Å²) in [5.74, 6) is -0.514. The summed E-state index contributed by atoms with van der Waals surface area (Å²) in [6.07, 6.45) is 2.79. The van der Waals surface area contributed by atoms with Crippen LogP contribution in [0, 0.1) is 5.92 Å². The van der Waals surface area contributed by atoms with E-state index >= 15 is 0 Å². The Balaban J connectivity index is 1.47. The van der Waals surface area contributed by atoms with Gasteiger partial charge in [-0.3, -0.25) is 4.79 Å². The van der Waals surface area contributed by atoms with Gasteiger partial charge in [-0.25, -0.2) is 9.59 Å². The number of carbonyl (C=O) groups is 3. The molecule has 1 aromatic carbocycles. The molecule has 1 aromatic rings. The number of amides is 3. The second kappa shape index (κ2) is 7.55. The highest BCUT2D eigenvalue weighted by Crippen LogP contribution is 2.31. The zero-order chi connectivity index (χ0) is 17.8. The molecule has 7 heteroatoms. The van der Waals surface area contributed by atoms with Crippen LogP contribution in [0.3, 0.4) is 0 Å². The smallest absolute Gasteiger partial charge is 0.335 e. The number of rotatable bonds is 4. The third-order valence-electron chi connectivity index (χ3n) is 4.67. The molecule has 2 aliphatic rings. The van der Waals surface area contributed by atoms with E-state index in [1.54, 1.807) is 17.0 Å². The van der Waals surface area contributed by atoms with Gasteiger partial charge in [0.1, 0.15) is 0 Å². The largest absolute Gasteiger partial charge is 0.478 e. The highest BCUT2D eigenvalue weighted by molar-refractivity contribution is 5.87. The molecule has 3 amide bonds. The van der Waals surface area contributed by atoms with E-state index < -0.39 is 5.97 Å². The van der Waals surface area contributed by atoms with Gasteiger partial charge in [-0.1, -0.05) is 12.1 Å². The summed E-state index contributed by atoms with van der Waals surface area (Å²) in [7, 11) is 0. The summed E-state index contributed by atoms with van der Waals surface area (Å²) in [6, 6.07) is 6.29. The summed E-state index contributed by atoms with van der Waals surface area (Å²) in [5, 5.41) is 11.7. The number of nitrogens with one attached hydrogen (secondary N) is 1. The Morgan fingerprint density at radius 2 is 1.64 bits per heavy atom. The Labute approximate surface area is 146 Å². The molecule has 3 rings (SSSR count). The molecule has 1 aliphatic heterocycles. The third kappa shape index (κ3) is 4.49. The highest BCUT2D eigenvalue weighted by Gasteiger charge is 2.34. The van der Waals surface area contributed by atoms with Crippen LogP contribution in [-0.2, 0) is 11.3 Å². The van der Waals surface area contributed by atoms with E-state index in [4.69, 9.17) is 5.11 Å². The van der Waals surface area contributed by atoms with Crippen molar-refractivity contribution in [2.75, 3.05) is 26.2 Å². The van der Waals surface area contributed by atoms with E-state index in [9.17, 15) is 14.4 Å². The molecule has 0 atom stereocenters. The van der Waals surface area contributed by atoms with Crippen LogP contribution in [0.2, 0.25) is 0 Å². The second-order valence-electron chi connectivity index (χ2n) is 6.60. The van der Waals surface area contributed by atoms with Crippen LogP contribution < -0.4 is 5.32 Å². The predicted molar refractivity (Wildman–Crippen MR) is 91.1 cm³/mol. The molecule has 1 saturated carbocycles. The zero-order valence-electron chi connectivity index (χ0n) is 14.1. The van der Waals surface area contributed by atoms with Gasteiger partial charge in [-0.15, -0.1) is 0 Å². The quantitative estimate of drug-likeness (QED) is 0.866. The first kappa shape index (κ1) is 17.3. The van der Waals surface area contributed by atoms with Crippen molar-refractivity contribution in [2.45, 2.75) is 25.8 Å². The predicted octanol–water partition coefficient (Wildman–Crippen LogP) is 1.54. The molecule has 25 heavy (non-hydrogen) atoms. The van der Waals surface area contributed by atoms with Crippen LogP contribution in [0.4, 0.5) is 4.79 Å². The van der Waals surface area contributed by atoms with Crippen molar-refractivity contribution in [2.24, 2.45) is 5.92 Å². The lowest BCUT2D eigenvalue weighted by molar-refractivity contribution is -0.132. The number of carboxylic acid groups (broad SMARTS) is 1. The molecule has 0 bridgehead atoms. The number of nitrogens with zero attached hydrogens (tertiary/aromatic N) is 2. The lowest BCUT2D eigenvalue weighted by atomic mass is 10.1. The molecular weight excluding hydrogens is 322 g/mol. The van der Waals surface area contributed by atoms with E-state index in [0.29, 0.717) is 26.2 Å². The molecule has 2 fully saturated rings. The van der Waals surface area contributed by atoms with Gasteiger partial charge >= 0.3 is 12.0 Å². The number of carbonyl (C=O) groups excluding carboxylic acids is 2. The summed E-state index contributed by atoms with van der Waals surface area (Å²) < 4.78 is 0. The van der Waals surface area contributed by atoms with Gasteiger partial charge in [0.15, 0.2) is 0 Å². The van der Waals surface area contributed by atoms with Crippen molar-refractivity contribution < 1.29 is 19.5 Å². The molecule has 0 spiro atoms. The summed E-state index contributed by atoms with van der Waals surface area (Å²) in [6.45, 7) is 2.84. The van der Waals surface area contributed by atoms with Gasteiger partial charge in [0.2, 0.25) is 5.91 Å². The first-order chi connectivity index (χ1) is 12.0. The Morgan fingerprint density at radius 3 is 2.28 bits per heavy atom. The number of aromatic carboxylic acids is 1. The van der Waals surface area contributed by atoms with Gasteiger partial charge in [0, 0.05) is 38.6 Å². The Bertz CT molecular complexity index is 655. The normalized spacial score (nSPS) is 17.8. The van der Waals surface area contributed by atoms with Crippen LogP contribution >= 0.6 is 0 Å². The lowest BCUT2D eigenvalue weighted by Crippen LogP contribution is -2.42. The Kier molecular flexibility index (Phi) is 5.21. The Morgan fingerprint density at radius 1 is 1.00 bits per heavy atom. The fourth-order valence-corrected chi connectivity index (χ4v) is 2.98. The molecule has 7 nitrogen and oxygen atoms in total. The van der Waals surface area contributed by atoms with Crippen LogP contribution in [0.25, 0.3) is 0 Å². The summed E-state index contributed by atoms with van der Waals surface area (Å²) >= 11 is 0. The van der Waals surface area contributed by atoms with Crippen molar-refractivity contribution in [3.63, 3.8) is 0 Å². The lowest BCUT2D eigenvalue weighted by Gasteiger charge is -2.22. The molecule has 1 aliphatic carbocycles. The maximum atomic E-state index is 12.3. The van der Waals surface area contributed by atoms with Crippen molar-refractivity contribution in [3.8, 4) is 0 Å². The second-order valence-corrected chi connectivity index (χ2v) is 6.60. The van der Waals surface area contributed by atoms with E-state index in [1.807, 2.05) is 4.90 Å². The van der Waals surface area contributed by atoms with Crippen LogP contribution in [-0.4, -0.2) is 59.0 Å².